The maximum Gasteiger partial charge on any atom is 0.146 e. The van der Waals surface area contributed by atoms with Crippen LogP contribution in [0.15, 0.2) is 0 Å². The van der Waals surface area contributed by atoms with Crippen LogP contribution in [0.5, 0.6) is 0 Å². The molecule has 2 nitrogen and oxygen atoms in total. The molecule has 0 aromatic heterocycles. The van der Waals surface area contributed by atoms with Gasteiger partial charge in [-0.2, -0.15) is 0 Å². The van der Waals surface area contributed by atoms with E-state index in [4.69, 9.17) is 5.11 Å². The van der Waals surface area contributed by atoms with E-state index in [9.17, 15) is 4.39 Å². The highest BCUT2D eigenvalue weighted by Crippen LogP contribution is 2.19. The maximum atomic E-state index is 13.0. The van der Waals surface area contributed by atoms with Crippen molar-refractivity contribution in [2.24, 2.45) is 0 Å². The first-order valence-corrected chi connectivity index (χ1v) is 3.27. The molecule has 1 saturated heterocycles. The van der Waals surface area contributed by atoms with Gasteiger partial charge in [-0.05, 0) is 19.4 Å². The lowest BCUT2D eigenvalue weighted by atomic mass is 9.97. The van der Waals surface area contributed by atoms with Gasteiger partial charge in [0.1, 0.15) is 5.67 Å². The second kappa shape index (κ2) is 2.62. The fraction of sp³-hybridized carbons (Fsp3) is 1.00. The number of piperidine rings is 1. The zero-order chi connectivity index (χ0) is 6.74. The molecule has 1 rings (SSSR count). The topological polar surface area (TPSA) is 32.3 Å². The van der Waals surface area contributed by atoms with E-state index in [0.717, 1.165) is 13.0 Å². The number of aliphatic hydroxyl groups excluding tert-OH is 1. The van der Waals surface area contributed by atoms with Gasteiger partial charge in [0.25, 0.3) is 0 Å². The van der Waals surface area contributed by atoms with E-state index in [1.165, 1.54) is 0 Å². The fourth-order valence-corrected chi connectivity index (χ4v) is 1.07. The Morgan fingerprint density at radius 3 is 2.78 bits per heavy atom. The third kappa shape index (κ3) is 1.63. The summed E-state index contributed by atoms with van der Waals surface area (Å²) in [5, 5.41) is 11.4. The molecule has 1 fully saturated rings. The molecule has 1 aliphatic heterocycles. The van der Waals surface area contributed by atoms with Gasteiger partial charge in [0.2, 0.25) is 0 Å². The Hall–Kier alpha value is -0.150. The van der Waals surface area contributed by atoms with E-state index < -0.39 is 5.67 Å². The average Bonchev–Trinajstić information content (AvgIpc) is 1.90. The Kier molecular flexibility index (Phi) is 2.03. The van der Waals surface area contributed by atoms with Crippen LogP contribution < -0.4 is 5.32 Å². The zero-order valence-corrected chi connectivity index (χ0v) is 5.36. The second-order valence-corrected chi connectivity index (χ2v) is 2.59. The lowest BCUT2D eigenvalue weighted by Gasteiger charge is -2.27. The molecule has 0 radical (unpaired) electrons. The summed E-state index contributed by atoms with van der Waals surface area (Å²) >= 11 is 0. The first-order valence-electron chi connectivity index (χ1n) is 3.27. The molecular formula is C6H12FNO. The summed E-state index contributed by atoms with van der Waals surface area (Å²) in [5.74, 6) is 0. The molecule has 0 spiro atoms. The van der Waals surface area contributed by atoms with Crippen molar-refractivity contribution in [1.82, 2.24) is 5.32 Å². The highest BCUT2D eigenvalue weighted by molar-refractivity contribution is 4.84. The summed E-state index contributed by atoms with van der Waals surface area (Å²) in [4.78, 5) is 0. The Bertz CT molecular complexity index is 91.1. The first-order chi connectivity index (χ1) is 4.27. The first kappa shape index (κ1) is 6.96. The molecule has 0 amide bonds. The number of rotatable bonds is 1. The Labute approximate surface area is 54.1 Å². The third-order valence-corrected chi connectivity index (χ3v) is 1.70. The lowest BCUT2D eigenvalue weighted by Crippen LogP contribution is -2.44. The summed E-state index contributed by atoms with van der Waals surface area (Å²) in [6, 6.07) is 0. The van der Waals surface area contributed by atoms with Gasteiger partial charge in [0.05, 0.1) is 6.61 Å². The predicted molar refractivity (Wildman–Crippen MR) is 33.0 cm³/mol. The van der Waals surface area contributed by atoms with Crippen LogP contribution in [0.25, 0.3) is 0 Å². The second-order valence-electron chi connectivity index (χ2n) is 2.59. The molecule has 0 aliphatic carbocycles. The normalized spacial score (nSPS) is 36.7. The summed E-state index contributed by atoms with van der Waals surface area (Å²) < 4.78 is 13.0. The van der Waals surface area contributed by atoms with Crippen molar-refractivity contribution in [1.29, 1.82) is 0 Å². The Morgan fingerprint density at radius 2 is 2.44 bits per heavy atom. The van der Waals surface area contributed by atoms with Crippen LogP contribution in [0.1, 0.15) is 12.8 Å². The molecule has 1 atom stereocenters. The predicted octanol–water partition coefficient (Wildman–Crippen LogP) is 0.0704. The molecule has 1 unspecified atom stereocenters. The van der Waals surface area contributed by atoms with Crippen molar-refractivity contribution in [2.75, 3.05) is 19.7 Å². The van der Waals surface area contributed by atoms with Crippen molar-refractivity contribution >= 4 is 0 Å². The fourth-order valence-electron chi connectivity index (χ4n) is 1.07. The molecule has 3 heteroatoms. The van der Waals surface area contributed by atoms with Crippen LogP contribution >= 0.6 is 0 Å². The molecule has 1 heterocycles. The molecule has 9 heavy (non-hydrogen) atoms. The van der Waals surface area contributed by atoms with Crippen molar-refractivity contribution < 1.29 is 9.50 Å². The molecule has 0 aromatic carbocycles. The van der Waals surface area contributed by atoms with E-state index in [1.807, 2.05) is 0 Å². The molecule has 54 valence electrons. The van der Waals surface area contributed by atoms with Crippen molar-refractivity contribution in [2.45, 2.75) is 18.5 Å². The highest BCUT2D eigenvalue weighted by atomic mass is 19.1. The van der Waals surface area contributed by atoms with Gasteiger partial charge in [-0.15, -0.1) is 0 Å². The average molecular weight is 133 g/mol. The number of halogens is 1. The Morgan fingerprint density at radius 1 is 1.67 bits per heavy atom. The standard InChI is InChI=1S/C6H12FNO/c7-6(5-9)2-1-3-8-4-6/h8-9H,1-5H2. The van der Waals surface area contributed by atoms with Gasteiger partial charge in [-0.3, -0.25) is 0 Å². The zero-order valence-electron chi connectivity index (χ0n) is 5.36. The number of hydrogen-bond acceptors (Lipinski definition) is 2. The number of aliphatic hydroxyl groups is 1. The van der Waals surface area contributed by atoms with Gasteiger partial charge in [-0.25, -0.2) is 4.39 Å². The van der Waals surface area contributed by atoms with E-state index in [0.29, 0.717) is 13.0 Å². The van der Waals surface area contributed by atoms with Crippen LogP contribution in [0.4, 0.5) is 4.39 Å². The largest absolute Gasteiger partial charge is 0.393 e. The number of alkyl halides is 1. The summed E-state index contributed by atoms with van der Waals surface area (Å²) in [6.07, 6.45) is 1.33. The van der Waals surface area contributed by atoms with Crippen LogP contribution in [-0.2, 0) is 0 Å². The SMILES string of the molecule is OCC1(F)CCCNC1. The van der Waals surface area contributed by atoms with E-state index in [1.54, 1.807) is 0 Å². The number of hydrogen-bond donors (Lipinski definition) is 2. The maximum absolute atomic E-state index is 13.0. The van der Waals surface area contributed by atoms with Gasteiger partial charge in [0, 0.05) is 6.54 Å². The van der Waals surface area contributed by atoms with E-state index in [2.05, 4.69) is 5.32 Å². The lowest BCUT2D eigenvalue weighted by molar-refractivity contribution is 0.0479. The van der Waals surface area contributed by atoms with Crippen molar-refractivity contribution in [3.8, 4) is 0 Å². The van der Waals surface area contributed by atoms with E-state index in [-0.39, 0.29) is 6.61 Å². The summed E-state index contributed by atoms with van der Waals surface area (Å²) in [7, 11) is 0. The third-order valence-electron chi connectivity index (χ3n) is 1.70. The minimum atomic E-state index is -1.34. The molecule has 1 aliphatic rings. The molecule has 2 N–H and O–H groups in total. The van der Waals surface area contributed by atoms with Crippen LogP contribution in [0.3, 0.4) is 0 Å². The van der Waals surface area contributed by atoms with Crippen LogP contribution in [0.2, 0.25) is 0 Å². The summed E-state index contributed by atoms with van der Waals surface area (Å²) in [6.45, 7) is 0.842. The molecule has 0 saturated carbocycles. The van der Waals surface area contributed by atoms with Gasteiger partial charge in [0.15, 0.2) is 0 Å². The van der Waals surface area contributed by atoms with Crippen molar-refractivity contribution in [3.05, 3.63) is 0 Å². The summed E-state index contributed by atoms with van der Waals surface area (Å²) in [5.41, 5.74) is -1.34. The minimum Gasteiger partial charge on any atom is -0.393 e. The minimum absolute atomic E-state index is 0.309. The van der Waals surface area contributed by atoms with E-state index >= 15 is 0 Å². The molecular weight excluding hydrogens is 121 g/mol. The van der Waals surface area contributed by atoms with Gasteiger partial charge < -0.3 is 10.4 Å². The smallest absolute Gasteiger partial charge is 0.146 e. The molecule has 0 bridgehead atoms. The van der Waals surface area contributed by atoms with Crippen LogP contribution in [-0.4, -0.2) is 30.5 Å². The molecule has 0 aromatic rings. The van der Waals surface area contributed by atoms with Crippen molar-refractivity contribution in [3.63, 3.8) is 0 Å². The highest BCUT2D eigenvalue weighted by Gasteiger charge is 2.30. The van der Waals surface area contributed by atoms with Gasteiger partial charge >= 0.3 is 0 Å². The number of nitrogens with one attached hydrogen (secondary N) is 1. The van der Waals surface area contributed by atoms with Crippen LogP contribution in [0, 0.1) is 0 Å². The monoisotopic (exact) mass is 133 g/mol. The van der Waals surface area contributed by atoms with Gasteiger partial charge in [-0.1, -0.05) is 0 Å². The Balaban J connectivity index is 2.37. The quantitative estimate of drug-likeness (QED) is 0.530.